The summed E-state index contributed by atoms with van der Waals surface area (Å²) in [6, 6.07) is 10.0. The van der Waals surface area contributed by atoms with Crippen LogP contribution in [-0.4, -0.2) is 5.91 Å². The Kier molecular flexibility index (Phi) is 2.56. The lowest BCUT2D eigenvalue weighted by Crippen LogP contribution is -2.12. The number of hydrogen-bond donors (Lipinski definition) is 2. The normalized spacial score (nSPS) is 13.3. The first-order chi connectivity index (χ1) is 9.08. The van der Waals surface area contributed by atoms with Crippen molar-refractivity contribution in [1.29, 1.82) is 0 Å². The number of fused-ring (bicyclic) bond motifs is 1. The number of nitrogens with one attached hydrogen (secondary N) is 1. The highest BCUT2D eigenvalue weighted by molar-refractivity contribution is 6.00. The molecule has 1 aliphatic rings. The Morgan fingerprint density at radius 1 is 1.11 bits per heavy atom. The second-order valence-corrected chi connectivity index (χ2v) is 5.04. The molecule has 2 aromatic carbocycles. The van der Waals surface area contributed by atoms with Crippen molar-refractivity contribution in [2.24, 2.45) is 0 Å². The molecule has 0 saturated heterocycles. The van der Waals surface area contributed by atoms with E-state index in [1.54, 1.807) is 0 Å². The van der Waals surface area contributed by atoms with Gasteiger partial charge in [-0.3, -0.25) is 4.79 Å². The molecule has 0 aliphatic carbocycles. The van der Waals surface area contributed by atoms with Crippen LogP contribution in [0.15, 0.2) is 30.3 Å². The quantitative estimate of drug-likeness (QED) is 0.767. The van der Waals surface area contributed by atoms with Crippen molar-refractivity contribution in [1.82, 2.24) is 5.32 Å². The van der Waals surface area contributed by atoms with Crippen LogP contribution in [0.25, 0.3) is 11.1 Å². The Hall–Kier alpha value is -2.29. The predicted octanol–water partition coefficient (Wildman–Crippen LogP) is 2.80. The van der Waals surface area contributed by atoms with Crippen molar-refractivity contribution in [2.45, 2.75) is 20.4 Å². The molecule has 3 rings (SSSR count). The van der Waals surface area contributed by atoms with Gasteiger partial charge in [-0.25, -0.2) is 0 Å². The molecule has 0 spiro atoms. The van der Waals surface area contributed by atoms with E-state index in [-0.39, 0.29) is 5.91 Å². The largest absolute Gasteiger partial charge is 0.398 e. The van der Waals surface area contributed by atoms with Crippen molar-refractivity contribution in [3.8, 4) is 11.1 Å². The van der Waals surface area contributed by atoms with E-state index in [1.165, 1.54) is 0 Å². The Morgan fingerprint density at radius 2 is 1.74 bits per heavy atom. The number of hydrogen-bond acceptors (Lipinski definition) is 2. The zero-order valence-electron chi connectivity index (χ0n) is 11.1. The fourth-order valence-corrected chi connectivity index (χ4v) is 2.65. The Morgan fingerprint density at radius 3 is 2.42 bits per heavy atom. The summed E-state index contributed by atoms with van der Waals surface area (Å²) in [5.41, 5.74) is 13.1. The zero-order valence-corrected chi connectivity index (χ0v) is 11.1. The summed E-state index contributed by atoms with van der Waals surface area (Å²) in [6.07, 6.45) is 0. The highest BCUT2D eigenvalue weighted by Gasteiger charge is 2.21. The molecule has 3 heteroatoms. The number of anilines is 1. The lowest BCUT2D eigenvalue weighted by Gasteiger charge is -2.11. The van der Waals surface area contributed by atoms with Gasteiger partial charge in [0.1, 0.15) is 0 Å². The highest BCUT2D eigenvalue weighted by atomic mass is 16.1. The average Bonchev–Trinajstić information content (AvgIpc) is 2.77. The predicted molar refractivity (Wildman–Crippen MR) is 76.9 cm³/mol. The third kappa shape index (κ3) is 1.78. The van der Waals surface area contributed by atoms with Crippen LogP contribution in [-0.2, 0) is 6.54 Å². The van der Waals surface area contributed by atoms with E-state index in [1.807, 2.05) is 26.0 Å². The Labute approximate surface area is 112 Å². The molecule has 96 valence electrons. The van der Waals surface area contributed by atoms with E-state index < -0.39 is 0 Å². The summed E-state index contributed by atoms with van der Waals surface area (Å²) >= 11 is 0. The number of amides is 1. The Balaban J connectivity index is 2.22. The van der Waals surface area contributed by atoms with Crippen LogP contribution >= 0.6 is 0 Å². The van der Waals surface area contributed by atoms with Gasteiger partial charge in [0, 0.05) is 17.8 Å². The lowest BCUT2D eigenvalue weighted by molar-refractivity contribution is 0.0966. The molecule has 1 heterocycles. The number of rotatable bonds is 1. The minimum Gasteiger partial charge on any atom is -0.398 e. The van der Waals surface area contributed by atoms with Gasteiger partial charge in [-0.05, 0) is 59.9 Å². The molecular weight excluding hydrogens is 236 g/mol. The molecular formula is C16H16N2O. The van der Waals surface area contributed by atoms with Crippen molar-refractivity contribution in [3.63, 3.8) is 0 Å². The van der Waals surface area contributed by atoms with Gasteiger partial charge < -0.3 is 11.1 Å². The minimum absolute atomic E-state index is 0.0146. The number of nitrogen functional groups attached to an aromatic ring is 1. The maximum absolute atomic E-state index is 11.7. The Bertz CT molecular complexity index is 666. The van der Waals surface area contributed by atoms with E-state index in [4.69, 9.17) is 5.73 Å². The van der Waals surface area contributed by atoms with Crippen LogP contribution in [0.2, 0.25) is 0 Å². The number of aryl methyl sites for hydroxylation is 2. The topological polar surface area (TPSA) is 55.1 Å². The van der Waals surface area contributed by atoms with Crippen molar-refractivity contribution in [3.05, 3.63) is 52.6 Å². The summed E-state index contributed by atoms with van der Waals surface area (Å²) in [5.74, 6) is 0.0146. The molecule has 0 unspecified atom stereocenters. The first-order valence-electron chi connectivity index (χ1n) is 6.35. The summed E-state index contributed by atoms with van der Waals surface area (Å²) in [5, 5.41) is 2.87. The van der Waals surface area contributed by atoms with Crippen LogP contribution in [0.4, 0.5) is 5.69 Å². The van der Waals surface area contributed by atoms with Gasteiger partial charge in [-0.2, -0.15) is 0 Å². The first kappa shape index (κ1) is 11.8. The maximum Gasteiger partial charge on any atom is 0.251 e. The molecule has 3 nitrogen and oxygen atoms in total. The lowest BCUT2D eigenvalue weighted by atomic mass is 9.94. The molecule has 19 heavy (non-hydrogen) atoms. The molecule has 0 saturated carbocycles. The summed E-state index contributed by atoms with van der Waals surface area (Å²) < 4.78 is 0. The van der Waals surface area contributed by atoms with Crippen molar-refractivity contribution < 1.29 is 4.79 Å². The molecule has 0 aromatic heterocycles. The SMILES string of the molecule is Cc1cc(-c2cccc3c2CNC3=O)cc(C)c1N. The molecule has 0 fully saturated rings. The van der Waals surface area contributed by atoms with Crippen LogP contribution in [0.3, 0.4) is 0 Å². The zero-order chi connectivity index (χ0) is 13.6. The molecule has 0 radical (unpaired) electrons. The van der Waals surface area contributed by atoms with Gasteiger partial charge in [0.2, 0.25) is 0 Å². The van der Waals surface area contributed by atoms with Crippen molar-refractivity contribution in [2.75, 3.05) is 5.73 Å². The minimum atomic E-state index is 0.0146. The van der Waals surface area contributed by atoms with Crippen LogP contribution in [0.1, 0.15) is 27.0 Å². The van der Waals surface area contributed by atoms with Gasteiger partial charge in [-0.1, -0.05) is 12.1 Å². The van der Waals surface area contributed by atoms with Crippen LogP contribution < -0.4 is 11.1 Å². The van der Waals surface area contributed by atoms with Gasteiger partial charge in [0.05, 0.1) is 0 Å². The number of nitrogens with two attached hydrogens (primary N) is 1. The maximum atomic E-state index is 11.7. The first-order valence-corrected chi connectivity index (χ1v) is 6.35. The summed E-state index contributed by atoms with van der Waals surface area (Å²) in [4.78, 5) is 11.7. The van der Waals surface area contributed by atoms with E-state index in [9.17, 15) is 4.79 Å². The van der Waals surface area contributed by atoms with E-state index in [0.29, 0.717) is 6.54 Å². The van der Waals surface area contributed by atoms with E-state index in [2.05, 4.69) is 23.5 Å². The molecule has 2 aromatic rings. The van der Waals surface area contributed by atoms with Gasteiger partial charge in [0.15, 0.2) is 0 Å². The van der Waals surface area contributed by atoms with E-state index in [0.717, 1.165) is 39.1 Å². The third-order valence-corrected chi connectivity index (χ3v) is 3.75. The monoisotopic (exact) mass is 252 g/mol. The fourth-order valence-electron chi connectivity index (χ4n) is 2.65. The number of carbonyl (C=O) groups excluding carboxylic acids is 1. The smallest absolute Gasteiger partial charge is 0.251 e. The van der Waals surface area contributed by atoms with Crippen molar-refractivity contribution >= 4 is 11.6 Å². The average molecular weight is 252 g/mol. The van der Waals surface area contributed by atoms with Gasteiger partial charge in [-0.15, -0.1) is 0 Å². The van der Waals surface area contributed by atoms with E-state index >= 15 is 0 Å². The molecule has 0 atom stereocenters. The summed E-state index contributed by atoms with van der Waals surface area (Å²) in [6.45, 7) is 4.63. The summed E-state index contributed by atoms with van der Waals surface area (Å²) in [7, 11) is 0. The number of carbonyl (C=O) groups is 1. The highest BCUT2D eigenvalue weighted by Crippen LogP contribution is 2.32. The van der Waals surface area contributed by atoms with Crippen LogP contribution in [0.5, 0.6) is 0 Å². The molecule has 1 amide bonds. The van der Waals surface area contributed by atoms with Gasteiger partial charge in [0.25, 0.3) is 5.91 Å². The fraction of sp³-hybridized carbons (Fsp3) is 0.188. The van der Waals surface area contributed by atoms with Crippen LogP contribution in [0, 0.1) is 13.8 Å². The second-order valence-electron chi connectivity index (χ2n) is 5.04. The van der Waals surface area contributed by atoms with Gasteiger partial charge >= 0.3 is 0 Å². The molecule has 1 aliphatic heterocycles. The standard InChI is InChI=1S/C16H16N2O/c1-9-6-11(7-10(2)15(9)17)12-4-3-5-13-14(12)8-18-16(13)19/h3-7H,8,17H2,1-2H3,(H,18,19). The number of benzene rings is 2. The third-order valence-electron chi connectivity index (χ3n) is 3.75. The molecule has 0 bridgehead atoms. The second kappa shape index (κ2) is 4.12. The molecule has 3 N–H and O–H groups in total.